The molecule has 0 N–H and O–H groups in total. The van der Waals surface area contributed by atoms with Crippen LogP contribution in [0.2, 0.25) is 0 Å². The fourth-order valence-corrected chi connectivity index (χ4v) is 2.62. The van der Waals surface area contributed by atoms with Gasteiger partial charge in [0, 0.05) is 17.5 Å². The van der Waals surface area contributed by atoms with Crippen LogP contribution in [0, 0.1) is 18.6 Å². The van der Waals surface area contributed by atoms with Crippen molar-refractivity contribution in [1.82, 2.24) is 0 Å². The summed E-state index contributed by atoms with van der Waals surface area (Å²) >= 11 is 6.08. The van der Waals surface area contributed by atoms with Crippen LogP contribution in [0.1, 0.15) is 30.9 Å². The monoisotopic (exact) mass is 260 g/mol. The molecule has 94 valence electrons. The quantitative estimate of drug-likeness (QED) is 0.696. The molecule has 2 atom stereocenters. The van der Waals surface area contributed by atoms with Crippen LogP contribution in [-0.2, 0) is 10.3 Å². The molecular formula is C13H15ClF2O. The van der Waals surface area contributed by atoms with E-state index in [-0.39, 0.29) is 10.9 Å². The Labute approximate surface area is 105 Å². The average Bonchev–Trinajstić information content (AvgIpc) is 2.23. The molecule has 0 aromatic heterocycles. The van der Waals surface area contributed by atoms with Gasteiger partial charge < -0.3 is 4.74 Å². The van der Waals surface area contributed by atoms with Crippen LogP contribution in [0.15, 0.2) is 12.1 Å². The molecule has 4 heteroatoms. The zero-order valence-electron chi connectivity index (χ0n) is 9.90. The molecule has 1 aliphatic rings. The zero-order valence-corrected chi connectivity index (χ0v) is 10.7. The molecule has 1 nitrogen and oxygen atoms in total. The third kappa shape index (κ3) is 2.45. The largest absolute Gasteiger partial charge is 0.370 e. The van der Waals surface area contributed by atoms with Crippen LogP contribution in [0.25, 0.3) is 0 Å². The summed E-state index contributed by atoms with van der Waals surface area (Å²) < 4.78 is 33.0. The molecule has 2 rings (SSSR count). The predicted molar refractivity (Wildman–Crippen MR) is 63.3 cm³/mol. The number of hydrogen-bond acceptors (Lipinski definition) is 1. The smallest absolute Gasteiger partial charge is 0.129 e. The van der Waals surface area contributed by atoms with Gasteiger partial charge in [-0.3, -0.25) is 0 Å². The molecule has 1 aromatic carbocycles. The summed E-state index contributed by atoms with van der Waals surface area (Å²) in [6, 6.07) is 2.43. The van der Waals surface area contributed by atoms with E-state index >= 15 is 0 Å². The van der Waals surface area contributed by atoms with Crippen molar-refractivity contribution in [3.8, 4) is 0 Å². The molecular weight excluding hydrogens is 246 g/mol. The number of hydrogen-bond donors (Lipinski definition) is 0. The van der Waals surface area contributed by atoms with E-state index in [2.05, 4.69) is 0 Å². The van der Waals surface area contributed by atoms with E-state index in [1.807, 2.05) is 0 Å². The van der Waals surface area contributed by atoms with Gasteiger partial charge >= 0.3 is 0 Å². The SMILES string of the molecule is Cc1cc(F)c(C2(C)CC(Cl)CCO2)cc1F. The first-order valence-corrected chi connectivity index (χ1v) is 6.10. The van der Waals surface area contributed by atoms with Crippen molar-refractivity contribution in [2.24, 2.45) is 0 Å². The maximum atomic E-state index is 13.9. The molecule has 2 unspecified atom stereocenters. The molecule has 0 saturated carbocycles. The Kier molecular flexibility index (Phi) is 3.41. The van der Waals surface area contributed by atoms with Crippen LogP contribution in [0.3, 0.4) is 0 Å². The number of halogens is 3. The van der Waals surface area contributed by atoms with Crippen LogP contribution in [0.4, 0.5) is 8.78 Å². The van der Waals surface area contributed by atoms with E-state index < -0.39 is 17.2 Å². The summed E-state index contributed by atoms with van der Waals surface area (Å²) in [6.07, 6.45) is 1.24. The standard InChI is InChI=1S/C13H15ClF2O/c1-8-5-12(16)10(6-11(8)15)13(2)7-9(14)3-4-17-13/h5-6,9H,3-4,7H2,1-2H3. The zero-order chi connectivity index (χ0) is 12.6. The molecule has 0 bridgehead atoms. The minimum Gasteiger partial charge on any atom is -0.370 e. The lowest BCUT2D eigenvalue weighted by atomic mass is 9.87. The molecule has 0 radical (unpaired) electrons. The Morgan fingerprint density at radius 3 is 2.71 bits per heavy atom. The minimum absolute atomic E-state index is 0.0579. The van der Waals surface area contributed by atoms with Gasteiger partial charge in [-0.1, -0.05) is 0 Å². The van der Waals surface area contributed by atoms with Gasteiger partial charge in [0.15, 0.2) is 0 Å². The fourth-order valence-electron chi connectivity index (χ4n) is 2.23. The Morgan fingerprint density at radius 1 is 1.35 bits per heavy atom. The normalized spacial score (nSPS) is 29.4. The van der Waals surface area contributed by atoms with E-state index in [0.717, 1.165) is 6.42 Å². The highest BCUT2D eigenvalue weighted by Crippen LogP contribution is 2.38. The van der Waals surface area contributed by atoms with Gasteiger partial charge in [-0.15, -0.1) is 11.6 Å². The lowest BCUT2D eigenvalue weighted by molar-refractivity contribution is -0.0706. The van der Waals surface area contributed by atoms with E-state index in [1.54, 1.807) is 6.92 Å². The molecule has 1 heterocycles. The van der Waals surface area contributed by atoms with Crippen LogP contribution in [0.5, 0.6) is 0 Å². The first-order chi connectivity index (χ1) is 7.92. The molecule has 0 spiro atoms. The van der Waals surface area contributed by atoms with Crippen molar-refractivity contribution in [3.63, 3.8) is 0 Å². The van der Waals surface area contributed by atoms with Crippen LogP contribution < -0.4 is 0 Å². The van der Waals surface area contributed by atoms with Crippen LogP contribution >= 0.6 is 11.6 Å². The van der Waals surface area contributed by atoms with Crippen molar-refractivity contribution in [3.05, 3.63) is 34.9 Å². The van der Waals surface area contributed by atoms with Gasteiger partial charge in [-0.25, -0.2) is 8.78 Å². The number of alkyl halides is 1. The van der Waals surface area contributed by atoms with Gasteiger partial charge in [-0.2, -0.15) is 0 Å². The van der Waals surface area contributed by atoms with Crippen molar-refractivity contribution in [1.29, 1.82) is 0 Å². The summed E-state index contributed by atoms with van der Waals surface area (Å²) in [7, 11) is 0. The summed E-state index contributed by atoms with van der Waals surface area (Å²) in [5, 5.41) is -0.0579. The number of benzene rings is 1. The molecule has 1 saturated heterocycles. The molecule has 17 heavy (non-hydrogen) atoms. The second kappa shape index (κ2) is 4.54. The second-order valence-corrected chi connectivity index (χ2v) is 5.37. The lowest BCUT2D eigenvalue weighted by Gasteiger charge is -2.37. The highest BCUT2D eigenvalue weighted by Gasteiger charge is 2.36. The van der Waals surface area contributed by atoms with Gasteiger partial charge in [0.25, 0.3) is 0 Å². The Balaban J connectivity index is 2.41. The van der Waals surface area contributed by atoms with Gasteiger partial charge in [0.05, 0.1) is 5.60 Å². The van der Waals surface area contributed by atoms with Crippen LogP contribution in [-0.4, -0.2) is 12.0 Å². The molecule has 1 aromatic rings. The van der Waals surface area contributed by atoms with E-state index in [1.165, 1.54) is 19.1 Å². The summed E-state index contributed by atoms with van der Waals surface area (Å²) in [5.41, 5.74) is -0.275. The maximum absolute atomic E-state index is 13.9. The summed E-state index contributed by atoms with van der Waals surface area (Å²) in [6.45, 7) is 3.77. The summed E-state index contributed by atoms with van der Waals surface area (Å²) in [5.74, 6) is -0.847. The first kappa shape index (κ1) is 12.8. The highest BCUT2D eigenvalue weighted by molar-refractivity contribution is 6.20. The minimum atomic E-state index is -0.830. The highest BCUT2D eigenvalue weighted by atomic mass is 35.5. The van der Waals surface area contributed by atoms with Crippen molar-refractivity contribution in [2.45, 2.75) is 37.7 Å². The van der Waals surface area contributed by atoms with Crippen molar-refractivity contribution in [2.75, 3.05) is 6.61 Å². The average molecular weight is 261 g/mol. The number of ether oxygens (including phenoxy) is 1. The lowest BCUT2D eigenvalue weighted by Crippen LogP contribution is -2.36. The van der Waals surface area contributed by atoms with Crippen molar-refractivity contribution < 1.29 is 13.5 Å². The molecule has 0 aliphatic carbocycles. The fraction of sp³-hybridized carbons (Fsp3) is 0.538. The Bertz CT molecular complexity index is 436. The predicted octanol–water partition coefficient (Wildman–Crippen LogP) is 3.91. The van der Waals surface area contributed by atoms with E-state index in [9.17, 15) is 8.78 Å². The van der Waals surface area contributed by atoms with Crippen molar-refractivity contribution >= 4 is 11.6 Å². The van der Waals surface area contributed by atoms with E-state index in [0.29, 0.717) is 18.6 Å². The number of aryl methyl sites for hydroxylation is 1. The maximum Gasteiger partial charge on any atom is 0.129 e. The number of rotatable bonds is 1. The molecule has 0 amide bonds. The first-order valence-electron chi connectivity index (χ1n) is 5.66. The van der Waals surface area contributed by atoms with Gasteiger partial charge in [0.2, 0.25) is 0 Å². The molecule has 1 fully saturated rings. The topological polar surface area (TPSA) is 9.23 Å². The van der Waals surface area contributed by atoms with Gasteiger partial charge in [0.1, 0.15) is 11.6 Å². The second-order valence-electron chi connectivity index (χ2n) is 4.75. The Morgan fingerprint density at radius 2 is 2.06 bits per heavy atom. The van der Waals surface area contributed by atoms with Gasteiger partial charge in [-0.05, 0) is 44.4 Å². The molecule has 1 aliphatic heterocycles. The van der Waals surface area contributed by atoms with E-state index in [4.69, 9.17) is 16.3 Å². The third-order valence-electron chi connectivity index (χ3n) is 3.28. The third-order valence-corrected chi connectivity index (χ3v) is 3.65. The summed E-state index contributed by atoms with van der Waals surface area (Å²) in [4.78, 5) is 0. The Hall–Kier alpha value is -0.670.